The van der Waals surface area contributed by atoms with Gasteiger partial charge in [-0.25, -0.2) is 4.39 Å². The Morgan fingerprint density at radius 2 is 2.30 bits per heavy atom. The zero-order valence-corrected chi connectivity index (χ0v) is 12.5. The largest absolute Gasteiger partial charge is 0.496 e. The molecule has 1 fully saturated rings. The van der Waals surface area contributed by atoms with Crippen LogP contribution in [0.25, 0.3) is 0 Å². The summed E-state index contributed by atoms with van der Waals surface area (Å²) >= 11 is 0. The van der Waals surface area contributed by atoms with Crippen molar-refractivity contribution in [3.8, 4) is 5.75 Å². The number of rotatable bonds is 5. The topological polar surface area (TPSA) is 30.5 Å². The van der Waals surface area contributed by atoms with Crippen molar-refractivity contribution in [1.29, 1.82) is 0 Å². The molecule has 0 amide bonds. The second kappa shape index (κ2) is 6.55. The van der Waals surface area contributed by atoms with Crippen LogP contribution in [-0.4, -0.2) is 38.6 Å². The molecule has 1 saturated heterocycles. The predicted octanol–water partition coefficient (Wildman–Crippen LogP) is 2.65. The van der Waals surface area contributed by atoms with E-state index in [0.717, 1.165) is 23.4 Å². The fourth-order valence-electron chi connectivity index (χ4n) is 2.78. The number of morpholine rings is 1. The summed E-state index contributed by atoms with van der Waals surface area (Å²) in [5, 5.41) is 3.30. The Bertz CT molecular complexity index is 442. The van der Waals surface area contributed by atoms with Crippen molar-refractivity contribution in [2.75, 3.05) is 26.9 Å². The standard InChI is InChI=1S/C16H24FNO2/c1-12-4-5-15(19-3)13(8-12)9-16(2,17)10-14-11-20-7-6-18-14/h4-5,8,14,18H,6-7,9-11H2,1-3H3. The minimum absolute atomic E-state index is 0.0922. The smallest absolute Gasteiger partial charge is 0.122 e. The zero-order valence-electron chi connectivity index (χ0n) is 12.5. The molecule has 0 saturated carbocycles. The van der Waals surface area contributed by atoms with Crippen molar-refractivity contribution < 1.29 is 13.9 Å². The highest BCUT2D eigenvalue weighted by atomic mass is 19.1. The van der Waals surface area contributed by atoms with Gasteiger partial charge in [0, 0.05) is 19.0 Å². The highest BCUT2D eigenvalue weighted by Crippen LogP contribution is 2.29. The molecule has 2 rings (SSSR count). The molecular formula is C16H24FNO2. The molecule has 1 aromatic carbocycles. The van der Waals surface area contributed by atoms with E-state index >= 15 is 0 Å². The van der Waals surface area contributed by atoms with Crippen LogP contribution < -0.4 is 10.1 Å². The van der Waals surface area contributed by atoms with E-state index in [1.54, 1.807) is 14.0 Å². The van der Waals surface area contributed by atoms with Gasteiger partial charge in [-0.3, -0.25) is 0 Å². The number of halogens is 1. The van der Waals surface area contributed by atoms with Gasteiger partial charge in [-0.05, 0) is 31.9 Å². The Morgan fingerprint density at radius 1 is 1.50 bits per heavy atom. The third-order valence-corrected chi connectivity index (χ3v) is 3.67. The molecule has 1 heterocycles. The molecule has 0 spiro atoms. The maximum atomic E-state index is 14.9. The molecule has 3 nitrogen and oxygen atoms in total. The van der Waals surface area contributed by atoms with E-state index < -0.39 is 5.67 Å². The lowest BCUT2D eigenvalue weighted by Gasteiger charge is -2.30. The lowest BCUT2D eigenvalue weighted by molar-refractivity contribution is 0.0482. The quantitative estimate of drug-likeness (QED) is 0.900. The number of aryl methyl sites for hydroxylation is 1. The Kier molecular flexibility index (Phi) is 5.00. The van der Waals surface area contributed by atoms with Crippen molar-refractivity contribution in [2.24, 2.45) is 0 Å². The van der Waals surface area contributed by atoms with Crippen LogP contribution in [0.2, 0.25) is 0 Å². The second-order valence-electron chi connectivity index (χ2n) is 5.84. The van der Waals surface area contributed by atoms with Crippen molar-refractivity contribution >= 4 is 0 Å². The number of alkyl halides is 1. The summed E-state index contributed by atoms with van der Waals surface area (Å²) in [6.45, 7) is 5.77. The molecule has 2 unspecified atom stereocenters. The fourth-order valence-corrected chi connectivity index (χ4v) is 2.78. The van der Waals surface area contributed by atoms with Gasteiger partial charge in [-0.15, -0.1) is 0 Å². The van der Waals surface area contributed by atoms with Gasteiger partial charge in [0.1, 0.15) is 11.4 Å². The molecule has 1 aliphatic heterocycles. The minimum atomic E-state index is -1.28. The fraction of sp³-hybridized carbons (Fsp3) is 0.625. The van der Waals surface area contributed by atoms with E-state index in [9.17, 15) is 4.39 Å². The van der Waals surface area contributed by atoms with E-state index in [1.807, 2.05) is 25.1 Å². The molecule has 1 N–H and O–H groups in total. The maximum absolute atomic E-state index is 14.9. The summed E-state index contributed by atoms with van der Waals surface area (Å²) in [7, 11) is 1.63. The Morgan fingerprint density at radius 3 is 2.95 bits per heavy atom. The van der Waals surface area contributed by atoms with Gasteiger partial charge >= 0.3 is 0 Å². The van der Waals surface area contributed by atoms with E-state index in [2.05, 4.69) is 5.32 Å². The molecule has 0 bridgehead atoms. The SMILES string of the molecule is COc1ccc(C)cc1CC(C)(F)CC1COCCN1. The van der Waals surface area contributed by atoms with Gasteiger partial charge in [0.05, 0.1) is 20.3 Å². The van der Waals surface area contributed by atoms with Gasteiger partial charge in [0.2, 0.25) is 0 Å². The first-order chi connectivity index (χ1) is 9.50. The van der Waals surface area contributed by atoms with Crippen LogP contribution >= 0.6 is 0 Å². The van der Waals surface area contributed by atoms with E-state index in [0.29, 0.717) is 26.1 Å². The molecule has 1 aliphatic rings. The summed E-state index contributed by atoms with van der Waals surface area (Å²) in [6.07, 6.45) is 0.806. The first-order valence-corrected chi connectivity index (χ1v) is 7.14. The molecule has 0 aliphatic carbocycles. The average molecular weight is 281 g/mol. The Hall–Kier alpha value is -1.13. The molecule has 0 aromatic heterocycles. The molecule has 2 atom stereocenters. The van der Waals surface area contributed by atoms with Crippen molar-refractivity contribution in [3.63, 3.8) is 0 Å². The third-order valence-electron chi connectivity index (χ3n) is 3.67. The summed E-state index contributed by atoms with van der Waals surface area (Å²) < 4.78 is 25.6. The number of hydrogen-bond acceptors (Lipinski definition) is 3. The highest BCUT2D eigenvalue weighted by molar-refractivity contribution is 5.37. The maximum Gasteiger partial charge on any atom is 0.122 e. The van der Waals surface area contributed by atoms with Crippen molar-refractivity contribution in [3.05, 3.63) is 29.3 Å². The summed E-state index contributed by atoms with van der Waals surface area (Å²) in [5.74, 6) is 0.757. The van der Waals surface area contributed by atoms with Crippen molar-refractivity contribution in [2.45, 2.75) is 38.4 Å². The van der Waals surface area contributed by atoms with Crippen LogP contribution in [0.15, 0.2) is 18.2 Å². The number of hydrogen-bond donors (Lipinski definition) is 1. The summed E-state index contributed by atoms with van der Waals surface area (Å²) in [4.78, 5) is 0. The minimum Gasteiger partial charge on any atom is -0.496 e. The molecule has 1 aromatic rings. The van der Waals surface area contributed by atoms with Gasteiger partial charge in [-0.2, -0.15) is 0 Å². The first kappa shape index (κ1) is 15.3. The number of benzene rings is 1. The van der Waals surface area contributed by atoms with Crippen LogP contribution in [0.4, 0.5) is 4.39 Å². The molecule has 0 radical (unpaired) electrons. The van der Waals surface area contributed by atoms with Crippen LogP contribution in [0.1, 0.15) is 24.5 Å². The van der Waals surface area contributed by atoms with Crippen LogP contribution in [0.5, 0.6) is 5.75 Å². The van der Waals surface area contributed by atoms with Gasteiger partial charge in [0.25, 0.3) is 0 Å². The number of ether oxygens (including phenoxy) is 2. The summed E-state index contributed by atoms with van der Waals surface area (Å²) in [6, 6.07) is 5.98. The lowest BCUT2D eigenvalue weighted by Crippen LogP contribution is -2.45. The zero-order chi connectivity index (χ0) is 14.6. The van der Waals surface area contributed by atoms with Crippen molar-refractivity contribution in [1.82, 2.24) is 5.32 Å². The summed E-state index contributed by atoms with van der Waals surface area (Å²) in [5.41, 5.74) is 0.768. The van der Waals surface area contributed by atoms with E-state index in [4.69, 9.17) is 9.47 Å². The molecule has 20 heavy (non-hydrogen) atoms. The Balaban J connectivity index is 2.04. The van der Waals surface area contributed by atoms with E-state index in [1.165, 1.54) is 0 Å². The average Bonchev–Trinajstić information content (AvgIpc) is 2.39. The van der Waals surface area contributed by atoms with Crippen LogP contribution in [-0.2, 0) is 11.2 Å². The van der Waals surface area contributed by atoms with Gasteiger partial charge < -0.3 is 14.8 Å². The Labute approximate surface area is 120 Å². The van der Waals surface area contributed by atoms with Crippen LogP contribution in [0, 0.1) is 6.92 Å². The van der Waals surface area contributed by atoms with Gasteiger partial charge in [0.15, 0.2) is 0 Å². The van der Waals surface area contributed by atoms with E-state index in [-0.39, 0.29) is 6.04 Å². The molecule has 112 valence electrons. The molecule has 4 heteroatoms. The molecular weight excluding hydrogens is 257 g/mol. The number of methoxy groups -OCH3 is 1. The normalized spacial score (nSPS) is 22.3. The third kappa shape index (κ3) is 4.18. The lowest BCUT2D eigenvalue weighted by atomic mass is 9.90. The highest BCUT2D eigenvalue weighted by Gasteiger charge is 2.30. The van der Waals surface area contributed by atoms with Gasteiger partial charge in [-0.1, -0.05) is 17.7 Å². The second-order valence-corrected chi connectivity index (χ2v) is 5.84. The first-order valence-electron chi connectivity index (χ1n) is 7.14. The number of nitrogens with one attached hydrogen (secondary N) is 1. The van der Waals surface area contributed by atoms with Crippen LogP contribution in [0.3, 0.4) is 0 Å². The predicted molar refractivity (Wildman–Crippen MR) is 78.2 cm³/mol. The monoisotopic (exact) mass is 281 g/mol.